The summed E-state index contributed by atoms with van der Waals surface area (Å²) in [7, 11) is 0. The van der Waals surface area contributed by atoms with Crippen molar-refractivity contribution in [2.45, 2.75) is 0 Å². The minimum absolute atomic E-state index is 0.0499. The van der Waals surface area contributed by atoms with Crippen molar-refractivity contribution in [1.29, 1.82) is 0 Å². The molecule has 0 spiro atoms. The van der Waals surface area contributed by atoms with E-state index in [1.54, 1.807) is 30.3 Å². The van der Waals surface area contributed by atoms with Gasteiger partial charge in [0, 0.05) is 22.2 Å². The second-order valence-electron chi connectivity index (χ2n) is 6.53. The van der Waals surface area contributed by atoms with E-state index in [1.165, 1.54) is 41.1 Å². The second kappa shape index (κ2) is 7.96. The largest absolute Gasteiger partial charge is 0.301 e. The Balaban J connectivity index is 1.96. The van der Waals surface area contributed by atoms with Crippen molar-refractivity contribution in [3.8, 4) is 28.2 Å². The lowest BCUT2D eigenvalue weighted by Gasteiger charge is -2.08. The molecule has 0 fully saturated rings. The standard InChI is InChI=1S/C21H12ClFN4O4/c22-15-5-1-14(2-6-15)20-12-18(13-3-7-16(23)8-4-13)24-25(20)19-10-9-17(26(28)29)11-21(19)27(30)31/h1-12H. The first kappa shape index (κ1) is 20.2. The number of benzene rings is 3. The third-order valence-corrected chi connectivity index (χ3v) is 4.84. The second-order valence-corrected chi connectivity index (χ2v) is 6.96. The minimum atomic E-state index is -0.704. The van der Waals surface area contributed by atoms with Gasteiger partial charge in [0.2, 0.25) is 0 Å². The van der Waals surface area contributed by atoms with Crippen LogP contribution >= 0.6 is 11.6 Å². The summed E-state index contributed by atoms with van der Waals surface area (Å²) in [5.41, 5.74) is 1.37. The maximum atomic E-state index is 13.3. The fourth-order valence-corrected chi connectivity index (χ4v) is 3.23. The maximum absolute atomic E-state index is 13.3. The van der Waals surface area contributed by atoms with E-state index < -0.39 is 27.0 Å². The number of nitro benzene ring substituents is 2. The van der Waals surface area contributed by atoms with Crippen LogP contribution in [0.25, 0.3) is 28.2 Å². The Morgan fingerprint density at radius 1 is 0.839 bits per heavy atom. The van der Waals surface area contributed by atoms with Crippen LogP contribution in [0.3, 0.4) is 0 Å². The van der Waals surface area contributed by atoms with E-state index in [0.29, 0.717) is 27.5 Å². The van der Waals surface area contributed by atoms with E-state index in [1.807, 2.05) is 0 Å². The van der Waals surface area contributed by atoms with E-state index in [2.05, 4.69) is 5.10 Å². The first-order valence-corrected chi connectivity index (χ1v) is 9.26. The average Bonchev–Trinajstić information content (AvgIpc) is 3.19. The van der Waals surface area contributed by atoms with E-state index in [4.69, 9.17) is 11.6 Å². The van der Waals surface area contributed by atoms with Crippen molar-refractivity contribution in [2.24, 2.45) is 0 Å². The van der Waals surface area contributed by atoms with Crippen LogP contribution in [0.1, 0.15) is 0 Å². The molecule has 1 heterocycles. The number of rotatable bonds is 5. The zero-order valence-corrected chi connectivity index (χ0v) is 16.4. The number of hydrogen-bond donors (Lipinski definition) is 0. The third kappa shape index (κ3) is 3.99. The molecule has 3 aromatic carbocycles. The molecular weight excluding hydrogens is 427 g/mol. The Hall–Kier alpha value is -4.11. The Bertz CT molecular complexity index is 1300. The Morgan fingerprint density at radius 3 is 2.10 bits per heavy atom. The number of hydrogen-bond acceptors (Lipinski definition) is 5. The van der Waals surface area contributed by atoms with Crippen LogP contribution in [0.2, 0.25) is 5.02 Å². The van der Waals surface area contributed by atoms with Crippen LogP contribution < -0.4 is 0 Å². The molecule has 1 aromatic heterocycles. The van der Waals surface area contributed by atoms with Crippen LogP contribution in [-0.2, 0) is 0 Å². The molecule has 0 bridgehead atoms. The zero-order chi connectivity index (χ0) is 22.1. The SMILES string of the molecule is O=[N+]([O-])c1ccc(-n2nc(-c3ccc(F)cc3)cc2-c2ccc(Cl)cc2)c([N+](=O)[O-])c1. The highest BCUT2D eigenvalue weighted by atomic mass is 35.5. The van der Waals surface area contributed by atoms with Gasteiger partial charge in [0.05, 0.1) is 27.3 Å². The molecule has 0 aliphatic carbocycles. The number of aromatic nitrogens is 2. The maximum Gasteiger partial charge on any atom is 0.301 e. The van der Waals surface area contributed by atoms with Crippen molar-refractivity contribution in [1.82, 2.24) is 9.78 Å². The Labute approximate surface area is 179 Å². The summed E-state index contributed by atoms with van der Waals surface area (Å²) < 4.78 is 14.7. The highest BCUT2D eigenvalue weighted by molar-refractivity contribution is 6.30. The summed E-state index contributed by atoms with van der Waals surface area (Å²) in [4.78, 5) is 21.3. The average molecular weight is 439 g/mol. The summed E-state index contributed by atoms with van der Waals surface area (Å²) >= 11 is 5.97. The van der Waals surface area contributed by atoms with Gasteiger partial charge in [-0.25, -0.2) is 9.07 Å². The molecule has 4 aromatic rings. The number of halogens is 2. The van der Waals surface area contributed by atoms with E-state index in [-0.39, 0.29) is 5.69 Å². The number of nitro groups is 2. The highest BCUT2D eigenvalue weighted by Crippen LogP contribution is 2.34. The van der Waals surface area contributed by atoms with Crippen LogP contribution in [0.4, 0.5) is 15.8 Å². The molecule has 0 saturated heterocycles. The van der Waals surface area contributed by atoms with E-state index >= 15 is 0 Å². The Kier molecular flexibility index (Phi) is 5.18. The molecule has 0 amide bonds. The first-order valence-electron chi connectivity index (χ1n) is 8.88. The third-order valence-electron chi connectivity index (χ3n) is 4.58. The van der Waals surface area contributed by atoms with Gasteiger partial charge >= 0.3 is 5.69 Å². The minimum Gasteiger partial charge on any atom is -0.258 e. The predicted octanol–water partition coefficient (Wildman–Crippen LogP) is 5.82. The van der Waals surface area contributed by atoms with Gasteiger partial charge in [-0.05, 0) is 48.5 Å². The number of nitrogens with zero attached hydrogens (tertiary/aromatic N) is 4. The van der Waals surface area contributed by atoms with E-state index in [9.17, 15) is 24.6 Å². The summed E-state index contributed by atoms with van der Waals surface area (Å²) in [6.07, 6.45) is 0. The Morgan fingerprint density at radius 2 is 1.48 bits per heavy atom. The van der Waals surface area contributed by atoms with Crippen LogP contribution in [0, 0.1) is 26.0 Å². The quantitative estimate of drug-likeness (QED) is 0.288. The molecule has 0 unspecified atom stereocenters. The topological polar surface area (TPSA) is 104 Å². The van der Waals surface area contributed by atoms with E-state index in [0.717, 1.165) is 6.07 Å². The van der Waals surface area contributed by atoms with Crippen LogP contribution in [-0.4, -0.2) is 19.6 Å². The molecule has 10 heteroatoms. The molecule has 31 heavy (non-hydrogen) atoms. The van der Waals surface area contributed by atoms with Gasteiger partial charge in [0.15, 0.2) is 0 Å². The van der Waals surface area contributed by atoms with Gasteiger partial charge in [0.25, 0.3) is 5.69 Å². The van der Waals surface area contributed by atoms with Crippen LogP contribution in [0.5, 0.6) is 0 Å². The van der Waals surface area contributed by atoms with Gasteiger partial charge in [-0.3, -0.25) is 20.2 Å². The highest BCUT2D eigenvalue weighted by Gasteiger charge is 2.24. The molecule has 0 saturated carbocycles. The fraction of sp³-hybridized carbons (Fsp3) is 0. The van der Waals surface area contributed by atoms with Gasteiger partial charge < -0.3 is 0 Å². The monoisotopic (exact) mass is 438 g/mol. The van der Waals surface area contributed by atoms with Crippen molar-refractivity contribution in [3.63, 3.8) is 0 Å². The van der Waals surface area contributed by atoms with Gasteiger partial charge in [-0.2, -0.15) is 5.10 Å². The summed E-state index contributed by atoms with van der Waals surface area (Å²) in [5, 5.41) is 27.7. The van der Waals surface area contributed by atoms with Gasteiger partial charge in [0.1, 0.15) is 11.5 Å². The molecule has 0 aliphatic rings. The van der Waals surface area contributed by atoms with Gasteiger partial charge in [-0.15, -0.1) is 0 Å². The lowest BCUT2D eigenvalue weighted by molar-refractivity contribution is -0.394. The number of non-ortho nitro benzene ring substituents is 1. The summed E-state index contributed by atoms with van der Waals surface area (Å²) in [6.45, 7) is 0. The molecule has 8 nitrogen and oxygen atoms in total. The lowest BCUT2D eigenvalue weighted by Crippen LogP contribution is -2.04. The molecule has 0 atom stereocenters. The van der Waals surface area contributed by atoms with Crippen molar-refractivity contribution in [2.75, 3.05) is 0 Å². The summed E-state index contributed by atoms with van der Waals surface area (Å²) in [6, 6.07) is 17.5. The van der Waals surface area contributed by atoms with Gasteiger partial charge in [-0.1, -0.05) is 23.7 Å². The summed E-state index contributed by atoms with van der Waals surface area (Å²) in [5.74, 6) is -0.410. The molecule has 0 aliphatic heterocycles. The first-order chi connectivity index (χ1) is 14.8. The molecule has 0 N–H and O–H groups in total. The molecular formula is C21H12ClFN4O4. The zero-order valence-electron chi connectivity index (χ0n) is 15.6. The van der Waals surface area contributed by atoms with Crippen LogP contribution in [0.15, 0.2) is 72.8 Å². The molecule has 0 radical (unpaired) electrons. The predicted molar refractivity (Wildman–Crippen MR) is 113 cm³/mol. The normalized spacial score (nSPS) is 10.8. The molecule has 154 valence electrons. The molecule has 4 rings (SSSR count). The van der Waals surface area contributed by atoms with Crippen molar-refractivity contribution >= 4 is 23.0 Å². The fourth-order valence-electron chi connectivity index (χ4n) is 3.10. The van der Waals surface area contributed by atoms with Crippen molar-refractivity contribution < 1.29 is 14.2 Å². The lowest BCUT2D eigenvalue weighted by atomic mass is 10.1. The smallest absolute Gasteiger partial charge is 0.258 e. The van der Waals surface area contributed by atoms with Crippen molar-refractivity contribution in [3.05, 3.63) is 104 Å².